The van der Waals surface area contributed by atoms with Gasteiger partial charge in [0.05, 0.1) is 6.42 Å². The van der Waals surface area contributed by atoms with Gasteiger partial charge < -0.3 is 9.57 Å². The van der Waals surface area contributed by atoms with Crippen molar-refractivity contribution in [1.82, 2.24) is 0 Å². The Morgan fingerprint density at radius 1 is 2.00 bits per heavy atom. The second kappa shape index (κ2) is 3.18. The number of ether oxygens (including phenoxy) is 1. The Morgan fingerprint density at radius 3 is 3.30 bits per heavy atom. The van der Waals surface area contributed by atoms with E-state index in [1.54, 1.807) is 0 Å². The van der Waals surface area contributed by atoms with Gasteiger partial charge in [-0.1, -0.05) is 5.16 Å². The Kier molecular flexibility index (Phi) is 2.24. The average Bonchev–Trinajstić information content (AvgIpc) is 2.37. The van der Waals surface area contributed by atoms with Crippen LogP contribution < -0.4 is 0 Å². The molecule has 0 spiro atoms. The molecule has 1 aliphatic rings. The quantitative estimate of drug-likeness (QED) is 0.565. The van der Waals surface area contributed by atoms with Gasteiger partial charge in [-0.05, 0) is 6.92 Å². The van der Waals surface area contributed by atoms with Crippen LogP contribution >= 0.6 is 0 Å². The SMILES string of the molecule is CCOC1CC(C#N)=NO1. The van der Waals surface area contributed by atoms with Gasteiger partial charge in [-0.15, -0.1) is 0 Å². The van der Waals surface area contributed by atoms with Crippen molar-refractivity contribution in [3.63, 3.8) is 0 Å². The molecular weight excluding hydrogens is 132 g/mol. The summed E-state index contributed by atoms with van der Waals surface area (Å²) in [6.07, 6.45) is 0.143. The summed E-state index contributed by atoms with van der Waals surface area (Å²) in [6.45, 7) is 2.45. The zero-order chi connectivity index (χ0) is 7.40. The van der Waals surface area contributed by atoms with Gasteiger partial charge >= 0.3 is 0 Å². The third-order valence-corrected chi connectivity index (χ3v) is 1.12. The molecule has 1 aliphatic heterocycles. The number of nitrogens with zero attached hydrogens (tertiary/aromatic N) is 2. The maximum Gasteiger partial charge on any atom is 0.233 e. The summed E-state index contributed by atoms with van der Waals surface area (Å²) in [7, 11) is 0. The van der Waals surface area contributed by atoms with Crippen LogP contribution in [0.5, 0.6) is 0 Å². The van der Waals surface area contributed by atoms with Crippen molar-refractivity contribution in [2.75, 3.05) is 6.61 Å². The lowest BCUT2D eigenvalue weighted by atomic mass is 10.3. The molecule has 1 heterocycles. The molecule has 0 saturated heterocycles. The van der Waals surface area contributed by atoms with E-state index in [2.05, 4.69) is 5.16 Å². The molecule has 0 saturated carbocycles. The first-order valence-electron chi connectivity index (χ1n) is 3.11. The van der Waals surface area contributed by atoms with Gasteiger partial charge in [-0.2, -0.15) is 5.26 Å². The number of rotatable bonds is 2. The minimum absolute atomic E-state index is 0.334. The Hall–Kier alpha value is -1.08. The first kappa shape index (κ1) is 7.03. The summed E-state index contributed by atoms with van der Waals surface area (Å²) in [5.74, 6) is 0. The topological polar surface area (TPSA) is 54.6 Å². The Bertz CT molecular complexity index is 183. The average molecular weight is 140 g/mol. The molecule has 0 radical (unpaired) electrons. The normalized spacial score (nSPS) is 23.2. The molecule has 0 amide bonds. The standard InChI is InChI=1S/C6H8N2O2/c1-2-9-6-3-5(4-7)8-10-6/h6H,2-3H2,1H3. The van der Waals surface area contributed by atoms with Crippen LogP contribution in [-0.4, -0.2) is 18.6 Å². The fraction of sp³-hybridized carbons (Fsp3) is 0.667. The van der Waals surface area contributed by atoms with E-state index in [1.165, 1.54) is 0 Å². The molecule has 10 heavy (non-hydrogen) atoms. The van der Waals surface area contributed by atoms with Gasteiger partial charge in [-0.3, -0.25) is 0 Å². The van der Waals surface area contributed by atoms with Crippen molar-refractivity contribution in [2.24, 2.45) is 5.16 Å². The van der Waals surface area contributed by atoms with Gasteiger partial charge in [0.1, 0.15) is 6.07 Å². The van der Waals surface area contributed by atoms with Gasteiger partial charge in [0.2, 0.25) is 6.29 Å². The summed E-state index contributed by atoms with van der Waals surface area (Å²) in [6, 6.07) is 1.90. The van der Waals surface area contributed by atoms with Crippen LogP contribution in [0.3, 0.4) is 0 Å². The minimum atomic E-state index is -0.334. The van der Waals surface area contributed by atoms with Crippen molar-refractivity contribution in [1.29, 1.82) is 5.26 Å². The summed E-state index contributed by atoms with van der Waals surface area (Å²) >= 11 is 0. The molecule has 1 rings (SSSR count). The largest absolute Gasteiger partial charge is 0.362 e. The van der Waals surface area contributed by atoms with E-state index in [0.29, 0.717) is 18.7 Å². The smallest absolute Gasteiger partial charge is 0.233 e. The van der Waals surface area contributed by atoms with Crippen molar-refractivity contribution in [3.05, 3.63) is 0 Å². The molecule has 4 nitrogen and oxygen atoms in total. The predicted octanol–water partition coefficient (Wildman–Crippen LogP) is 0.649. The Labute approximate surface area is 59.0 Å². The maximum absolute atomic E-state index is 8.34. The van der Waals surface area contributed by atoms with E-state index >= 15 is 0 Å². The number of oxime groups is 1. The fourth-order valence-corrected chi connectivity index (χ4v) is 0.696. The van der Waals surface area contributed by atoms with Crippen LogP contribution in [-0.2, 0) is 9.57 Å². The number of nitriles is 1. The van der Waals surface area contributed by atoms with Gasteiger partial charge in [0.15, 0.2) is 5.71 Å². The molecule has 0 aromatic rings. The van der Waals surface area contributed by atoms with Crippen molar-refractivity contribution in [2.45, 2.75) is 19.6 Å². The van der Waals surface area contributed by atoms with E-state index in [1.807, 2.05) is 13.0 Å². The predicted molar refractivity (Wildman–Crippen MR) is 34.2 cm³/mol. The van der Waals surface area contributed by atoms with Crippen LogP contribution in [0.25, 0.3) is 0 Å². The van der Waals surface area contributed by atoms with Crippen LogP contribution in [0, 0.1) is 11.3 Å². The van der Waals surface area contributed by atoms with E-state index < -0.39 is 0 Å². The third-order valence-electron chi connectivity index (χ3n) is 1.12. The monoisotopic (exact) mass is 140 g/mol. The van der Waals surface area contributed by atoms with Gasteiger partial charge in [-0.25, -0.2) is 0 Å². The second-order valence-electron chi connectivity index (χ2n) is 1.84. The van der Waals surface area contributed by atoms with E-state index in [4.69, 9.17) is 14.8 Å². The highest BCUT2D eigenvalue weighted by Gasteiger charge is 2.19. The van der Waals surface area contributed by atoms with Crippen LogP contribution in [0.1, 0.15) is 13.3 Å². The molecule has 0 aromatic heterocycles. The Morgan fingerprint density at radius 2 is 2.80 bits per heavy atom. The van der Waals surface area contributed by atoms with E-state index in [9.17, 15) is 0 Å². The maximum atomic E-state index is 8.34. The lowest BCUT2D eigenvalue weighted by Gasteiger charge is -2.05. The molecule has 54 valence electrons. The van der Waals surface area contributed by atoms with E-state index in [-0.39, 0.29) is 6.29 Å². The summed E-state index contributed by atoms with van der Waals surface area (Å²) in [5, 5.41) is 11.8. The molecule has 0 N–H and O–H groups in total. The molecule has 1 atom stereocenters. The summed E-state index contributed by atoms with van der Waals surface area (Å²) in [4.78, 5) is 4.74. The Balaban J connectivity index is 2.31. The van der Waals surface area contributed by atoms with E-state index in [0.717, 1.165) is 0 Å². The molecule has 0 bridgehead atoms. The number of hydrogen-bond acceptors (Lipinski definition) is 4. The third kappa shape index (κ3) is 1.45. The van der Waals surface area contributed by atoms with Crippen LogP contribution in [0.4, 0.5) is 0 Å². The lowest BCUT2D eigenvalue weighted by Crippen LogP contribution is -2.11. The fourth-order valence-electron chi connectivity index (χ4n) is 0.696. The number of hydrogen-bond donors (Lipinski definition) is 0. The van der Waals surface area contributed by atoms with Crippen LogP contribution in [0.2, 0.25) is 0 Å². The van der Waals surface area contributed by atoms with Crippen molar-refractivity contribution < 1.29 is 9.57 Å². The second-order valence-corrected chi connectivity index (χ2v) is 1.84. The first-order valence-corrected chi connectivity index (χ1v) is 3.11. The van der Waals surface area contributed by atoms with Crippen molar-refractivity contribution >= 4 is 5.71 Å². The lowest BCUT2D eigenvalue weighted by molar-refractivity contribution is -0.120. The van der Waals surface area contributed by atoms with Gasteiger partial charge in [0, 0.05) is 6.61 Å². The molecule has 4 heteroatoms. The highest BCUT2D eigenvalue weighted by Crippen LogP contribution is 2.10. The zero-order valence-electron chi connectivity index (χ0n) is 5.70. The molecule has 0 aromatic carbocycles. The molecular formula is C6H8N2O2. The molecule has 0 aliphatic carbocycles. The van der Waals surface area contributed by atoms with Crippen molar-refractivity contribution in [3.8, 4) is 6.07 Å². The van der Waals surface area contributed by atoms with Crippen LogP contribution in [0.15, 0.2) is 5.16 Å². The molecule has 0 fully saturated rings. The summed E-state index contributed by atoms with van der Waals surface area (Å²) < 4.78 is 5.05. The first-order chi connectivity index (χ1) is 4.86. The zero-order valence-corrected chi connectivity index (χ0v) is 5.70. The highest BCUT2D eigenvalue weighted by molar-refractivity contribution is 5.98. The minimum Gasteiger partial charge on any atom is -0.362 e. The summed E-state index contributed by atoms with van der Waals surface area (Å²) in [5.41, 5.74) is 0.401. The molecule has 1 unspecified atom stereocenters. The van der Waals surface area contributed by atoms with Gasteiger partial charge in [0.25, 0.3) is 0 Å². The highest BCUT2D eigenvalue weighted by atomic mass is 16.8.